The van der Waals surface area contributed by atoms with E-state index in [1.807, 2.05) is 11.8 Å². The molecule has 2 aliphatic carbocycles. The van der Waals surface area contributed by atoms with Crippen LogP contribution in [0.15, 0.2) is 23.9 Å². The minimum atomic E-state index is -0.354. The summed E-state index contributed by atoms with van der Waals surface area (Å²) in [6.07, 6.45) is 7.08. The number of hydrogen-bond acceptors (Lipinski definition) is 7. The lowest BCUT2D eigenvalue weighted by atomic mass is 9.83. The number of rotatable bonds is 4. The first kappa shape index (κ1) is 22.0. The van der Waals surface area contributed by atoms with E-state index in [9.17, 15) is 9.90 Å². The number of halogens is 2. The second-order valence-electron chi connectivity index (χ2n) is 9.12. The maximum Gasteiger partial charge on any atom is 0.225 e. The summed E-state index contributed by atoms with van der Waals surface area (Å²) in [5.74, 6) is 0.231. The number of carbonyl (C=O) groups excluding carboxylic acids is 1. The van der Waals surface area contributed by atoms with E-state index in [0.717, 1.165) is 34.8 Å². The lowest BCUT2D eigenvalue weighted by Gasteiger charge is -2.22. The number of aromatic nitrogens is 4. The first-order valence-electron chi connectivity index (χ1n) is 11.1. The predicted molar refractivity (Wildman–Crippen MR) is 134 cm³/mol. The number of allylic oxidation sites excluding steroid dienone is 3. The van der Waals surface area contributed by atoms with Crippen LogP contribution < -0.4 is 10.6 Å². The molecule has 3 aliphatic rings. The molecular formula is C23H22Cl2N6O2S. The first-order valence-corrected chi connectivity index (χ1v) is 12.7. The number of nitrogens with one attached hydrogen (secondary N) is 1. The molecule has 11 heteroatoms. The van der Waals surface area contributed by atoms with Gasteiger partial charge in [-0.25, -0.2) is 15.0 Å². The van der Waals surface area contributed by atoms with Crippen LogP contribution in [-0.4, -0.2) is 50.1 Å². The quantitative estimate of drug-likeness (QED) is 0.450. The topological polar surface area (TPSA) is 121 Å². The fourth-order valence-electron chi connectivity index (χ4n) is 5.58. The molecule has 3 aromatic rings. The molecule has 0 radical (unpaired) electrons. The van der Waals surface area contributed by atoms with Crippen molar-refractivity contribution in [2.24, 2.45) is 23.5 Å². The average molecular weight is 517 g/mol. The van der Waals surface area contributed by atoms with Crippen LogP contribution in [0, 0.1) is 17.8 Å². The van der Waals surface area contributed by atoms with E-state index in [0.29, 0.717) is 45.0 Å². The Bertz CT molecular complexity index is 1400. The third-order valence-electron chi connectivity index (χ3n) is 7.09. The highest BCUT2D eigenvalue weighted by Gasteiger charge is 2.44. The van der Waals surface area contributed by atoms with Crippen molar-refractivity contribution in [3.8, 4) is 10.7 Å². The maximum absolute atomic E-state index is 12.3. The van der Waals surface area contributed by atoms with E-state index >= 15 is 0 Å². The summed E-state index contributed by atoms with van der Waals surface area (Å²) < 4.78 is 0. The predicted octanol–water partition coefficient (Wildman–Crippen LogP) is 4.04. The molecule has 1 saturated heterocycles. The highest BCUT2D eigenvalue weighted by atomic mass is 35.5. The molecule has 4 heterocycles. The van der Waals surface area contributed by atoms with Crippen molar-refractivity contribution < 1.29 is 9.90 Å². The first-order chi connectivity index (χ1) is 16.3. The largest absolute Gasteiger partial charge is 0.391 e. The Morgan fingerprint density at radius 1 is 1.32 bits per heavy atom. The Kier molecular flexibility index (Phi) is 5.22. The van der Waals surface area contributed by atoms with E-state index < -0.39 is 0 Å². The van der Waals surface area contributed by atoms with Crippen molar-refractivity contribution in [3.05, 3.63) is 39.7 Å². The number of anilines is 1. The van der Waals surface area contributed by atoms with E-state index in [2.05, 4.69) is 32.1 Å². The molecule has 3 aromatic heterocycles. The van der Waals surface area contributed by atoms with Crippen LogP contribution in [0.25, 0.3) is 27.4 Å². The number of thiazole rings is 1. The average Bonchev–Trinajstić information content (AvgIpc) is 3.60. The number of aliphatic hydroxyl groups excluding tert-OH is 1. The van der Waals surface area contributed by atoms with Crippen LogP contribution in [-0.2, 0) is 4.79 Å². The van der Waals surface area contributed by atoms with Gasteiger partial charge in [-0.1, -0.05) is 46.7 Å². The number of amides is 1. The molecule has 4 unspecified atom stereocenters. The van der Waals surface area contributed by atoms with Crippen molar-refractivity contribution in [3.63, 3.8) is 0 Å². The third kappa shape index (κ3) is 3.37. The van der Waals surface area contributed by atoms with Crippen LogP contribution in [0.3, 0.4) is 0 Å². The molecule has 2 fully saturated rings. The summed E-state index contributed by atoms with van der Waals surface area (Å²) in [5, 5.41) is 11.4. The number of imidazole rings is 1. The normalized spacial score (nSPS) is 27.4. The van der Waals surface area contributed by atoms with Gasteiger partial charge >= 0.3 is 0 Å². The second-order valence-corrected chi connectivity index (χ2v) is 10.9. The number of nitrogens with zero attached hydrogens (tertiary/aromatic N) is 4. The number of β-amino-alcohol motifs (C(OH)–C–C–N with tert-alkyl or cyclic N) is 1. The number of aliphatic hydroxyl groups is 1. The summed E-state index contributed by atoms with van der Waals surface area (Å²) in [6, 6.07) is 0. The van der Waals surface area contributed by atoms with Crippen molar-refractivity contribution in [2.75, 3.05) is 18.0 Å². The Hall–Kier alpha value is -2.46. The zero-order valence-electron chi connectivity index (χ0n) is 18.3. The SMILES string of the molecule is C/C(=C1/C2C=CC(C2)C1C(N)=O)c1c(Cl)cnc2nc(-c3sc(N4CCC(O)C4)nc3Cl)[nH]c12. The van der Waals surface area contributed by atoms with Gasteiger partial charge in [0.1, 0.15) is 4.88 Å². The maximum atomic E-state index is 12.3. The minimum absolute atomic E-state index is 0.138. The standard InChI is InChI=1S/C23H22Cl2N6O2S/c1-9(14-10-2-3-11(6-10)16(14)20(26)33)15-13(24)7-27-21-17(15)28-22(30-21)18-19(25)29-23(34-18)31-5-4-12(32)8-31/h2-3,7,10-12,16,32H,4-6,8H2,1H3,(H2,26,33)(H,27,28,30)/b14-9+. The van der Waals surface area contributed by atoms with E-state index in [1.165, 1.54) is 11.3 Å². The fraction of sp³-hybridized carbons (Fsp3) is 0.391. The van der Waals surface area contributed by atoms with Crippen molar-refractivity contribution in [1.82, 2.24) is 19.9 Å². The van der Waals surface area contributed by atoms with Crippen molar-refractivity contribution in [2.45, 2.75) is 25.9 Å². The Balaban J connectivity index is 1.46. The zero-order valence-corrected chi connectivity index (χ0v) is 20.6. The van der Waals surface area contributed by atoms with Gasteiger partial charge in [0, 0.05) is 24.8 Å². The van der Waals surface area contributed by atoms with Gasteiger partial charge in [-0.05, 0) is 42.7 Å². The number of pyridine rings is 1. The molecule has 34 heavy (non-hydrogen) atoms. The summed E-state index contributed by atoms with van der Waals surface area (Å²) in [6.45, 7) is 3.25. The Morgan fingerprint density at radius 2 is 2.15 bits per heavy atom. The smallest absolute Gasteiger partial charge is 0.225 e. The number of carbonyl (C=O) groups is 1. The van der Waals surface area contributed by atoms with Gasteiger partial charge in [0.05, 0.1) is 22.6 Å². The van der Waals surface area contributed by atoms with Crippen LogP contribution in [0.5, 0.6) is 0 Å². The number of primary amides is 1. The molecule has 6 rings (SSSR count). The molecule has 2 bridgehead atoms. The lowest BCUT2D eigenvalue weighted by Crippen LogP contribution is -2.28. The number of fused-ring (bicyclic) bond motifs is 3. The van der Waals surface area contributed by atoms with E-state index in [1.54, 1.807) is 6.20 Å². The zero-order chi connectivity index (χ0) is 23.7. The molecule has 176 valence electrons. The highest BCUT2D eigenvalue weighted by Crippen LogP contribution is 2.51. The van der Waals surface area contributed by atoms with Gasteiger partial charge in [-0.2, -0.15) is 0 Å². The number of nitrogens with two attached hydrogens (primary N) is 1. The van der Waals surface area contributed by atoms with Crippen LogP contribution in [0.1, 0.15) is 25.3 Å². The van der Waals surface area contributed by atoms with Crippen LogP contribution in [0.2, 0.25) is 10.2 Å². The van der Waals surface area contributed by atoms with Gasteiger partial charge in [-0.15, -0.1) is 0 Å². The summed E-state index contributed by atoms with van der Waals surface area (Å²) in [4.78, 5) is 32.0. The van der Waals surface area contributed by atoms with Gasteiger partial charge in [0.2, 0.25) is 5.91 Å². The van der Waals surface area contributed by atoms with E-state index in [-0.39, 0.29) is 29.8 Å². The monoisotopic (exact) mass is 516 g/mol. The molecule has 8 nitrogen and oxygen atoms in total. The molecule has 1 saturated carbocycles. The van der Waals surface area contributed by atoms with E-state index in [4.69, 9.17) is 28.9 Å². The fourth-order valence-corrected chi connectivity index (χ4v) is 7.14. The molecular weight excluding hydrogens is 495 g/mol. The molecule has 0 aromatic carbocycles. The van der Waals surface area contributed by atoms with Gasteiger partial charge in [0.15, 0.2) is 21.8 Å². The van der Waals surface area contributed by atoms with Crippen molar-refractivity contribution in [1.29, 1.82) is 0 Å². The Labute approximate surface area is 209 Å². The van der Waals surface area contributed by atoms with Crippen LogP contribution >= 0.6 is 34.5 Å². The lowest BCUT2D eigenvalue weighted by molar-refractivity contribution is -0.121. The Morgan fingerprint density at radius 3 is 2.88 bits per heavy atom. The summed E-state index contributed by atoms with van der Waals surface area (Å²) in [5.41, 5.74) is 9.70. The van der Waals surface area contributed by atoms with Gasteiger partial charge < -0.3 is 20.7 Å². The molecule has 0 spiro atoms. The van der Waals surface area contributed by atoms with Crippen LogP contribution in [0.4, 0.5) is 5.13 Å². The number of aromatic amines is 1. The summed E-state index contributed by atoms with van der Waals surface area (Å²) in [7, 11) is 0. The van der Waals surface area contributed by atoms with Crippen molar-refractivity contribution >= 4 is 62.3 Å². The molecule has 1 amide bonds. The van der Waals surface area contributed by atoms with Gasteiger partial charge in [-0.3, -0.25) is 4.79 Å². The number of H-pyrrole nitrogens is 1. The third-order valence-corrected chi connectivity index (χ3v) is 8.89. The molecule has 1 aliphatic heterocycles. The molecule has 4 atom stereocenters. The van der Waals surface area contributed by atoms with Gasteiger partial charge in [0.25, 0.3) is 0 Å². The summed E-state index contributed by atoms with van der Waals surface area (Å²) >= 11 is 14.6. The number of hydrogen-bond donors (Lipinski definition) is 3. The minimum Gasteiger partial charge on any atom is -0.391 e. The highest BCUT2D eigenvalue weighted by molar-refractivity contribution is 7.19. The molecule has 4 N–H and O–H groups in total. The second kappa shape index (κ2) is 8.05.